The van der Waals surface area contributed by atoms with Gasteiger partial charge in [-0.1, -0.05) is 13.3 Å². The normalized spacial score (nSPS) is 35.9. The summed E-state index contributed by atoms with van der Waals surface area (Å²) in [6, 6.07) is 0.680. The van der Waals surface area contributed by atoms with Crippen molar-refractivity contribution in [2.24, 2.45) is 5.92 Å². The Morgan fingerprint density at radius 1 is 1.42 bits per heavy atom. The van der Waals surface area contributed by atoms with Crippen molar-refractivity contribution in [3.05, 3.63) is 0 Å². The first kappa shape index (κ1) is 14.8. The van der Waals surface area contributed by atoms with Gasteiger partial charge in [0.05, 0.1) is 0 Å². The van der Waals surface area contributed by atoms with Crippen LogP contribution < -0.4 is 5.32 Å². The minimum Gasteiger partial charge on any atom is -0.480 e. The molecular formula is C15H28N2O2. The summed E-state index contributed by atoms with van der Waals surface area (Å²) in [6.45, 7) is 7.28. The molecule has 3 unspecified atom stereocenters. The van der Waals surface area contributed by atoms with Gasteiger partial charge >= 0.3 is 5.97 Å². The lowest BCUT2D eigenvalue weighted by Gasteiger charge is -2.33. The number of carboxylic acids is 1. The summed E-state index contributed by atoms with van der Waals surface area (Å²) in [6.07, 6.45) is 6.49. The molecule has 0 radical (unpaired) electrons. The number of rotatable bonds is 6. The maximum atomic E-state index is 11.7. The Bertz CT molecular complexity index is 321. The van der Waals surface area contributed by atoms with Gasteiger partial charge in [0, 0.05) is 6.04 Å². The van der Waals surface area contributed by atoms with Gasteiger partial charge in [0.2, 0.25) is 0 Å². The van der Waals surface area contributed by atoms with Gasteiger partial charge in [0.1, 0.15) is 5.54 Å². The average molecular weight is 268 g/mol. The molecule has 2 rings (SSSR count). The number of hydrogen-bond donors (Lipinski definition) is 2. The van der Waals surface area contributed by atoms with E-state index in [1.807, 2.05) is 6.92 Å². The van der Waals surface area contributed by atoms with Gasteiger partial charge < -0.3 is 15.3 Å². The first-order valence-electron chi connectivity index (χ1n) is 7.82. The van der Waals surface area contributed by atoms with Crippen LogP contribution in [0, 0.1) is 5.92 Å². The van der Waals surface area contributed by atoms with Crippen LogP contribution in [0.25, 0.3) is 0 Å². The van der Waals surface area contributed by atoms with Crippen molar-refractivity contribution in [1.82, 2.24) is 10.2 Å². The maximum absolute atomic E-state index is 11.7. The lowest BCUT2D eigenvalue weighted by atomic mass is 9.84. The van der Waals surface area contributed by atoms with E-state index in [0.717, 1.165) is 38.8 Å². The molecule has 4 heteroatoms. The van der Waals surface area contributed by atoms with E-state index in [9.17, 15) is 9.90 Å². The monoisotopic (exact) mass is 268 g/mol. The Balaban J connectivity index is 1.95. The van der Waals surface area contributed by atoms with Gasteiger partial charge in [0.15, 0.2) is 0 Å². The van der Waals surface area contributed by atoms with Crippen LogP contribution in [0.3, 0.4) is 0 Å². The van der Waals surface area contributed by atoms with Crippen LogP contribution in [0.15, 0.2) is 0 Å². The lowest BCUT2D eigenvalue weighted by Crippen LogP contribution is -2.55. The van der Waals surface area contributed by atoms with Gasteiger partial charge in [-0.05, 0) is 64.6 Å². The first-order valence-corrected chi connectivity index (χ1v) is 7.82. The number of aliphatic carboxylic acids is 1. The highest BCUT2D eigenvalue weighted by atomic mass is 16.4. The third kappa shape index (κ3) is 2.95. The van der Waals surface area contributed by atoms with E-state index in [1.54, 1.807) is 0 Å². The second kappa shape index (κ2) is 6.23. The zero-order valence-corrected chi connectivity index (χ0v) is 12.3. The number of hydrogen-bond acceptors (Lipinski definition) is 3. The number of carbonyl (C=O) groups is 1. The van der Waals surface area contributed by atoms with Crippen molar-refractivity contribution in [2.45, 2.75) is 64.0 Å². The SMILES string of the molecule is CCNC1(C(=O)O)CCCC1CCN1CCCC1C. The van der Waals surface area contributed by atoms with E-state index >= 15 is 0 Å². The quantitative estimate of drug-likeness (QED) is 0.774. The van der Waals surface area contributed by atoms with Crippen molar-refractivity contribution in [1.29, 1.82) is 0 Å². The van der Waals surface area contributed by atoms with Crippen LogP contribution in [-0.2, 0) is 4.79 Å². The van der Waals surface area contributed by atoms with E-state index in [0.29, 0.717) is 6.04 Å². The van der Waals surface area contributed by atoms with E-state index in [2.05, 4.69) is 17.1 Å². The zero-order chi connectivity index (χ0) is 13.9. The molecule has 0 spiro atoms. The Morgan fingerprint density at radius 3 is 2.79 bits per heavy atom. The predicted octanol–water partition coefficient (Wildman–Crippen LogP) is 2.09. The van der Waals surface area contributed by atoms with Crippen molar-refractivity contribution >= 4 is 5.97 Å². The fourth-order valence-electron chi connectivity index (χ4n) is 4.02. The third-order valence-corrected chi connectivity index (χ3v) is 5.15. The average Bonchev–Trinajstić information content (AvgIpc) is 2.95. The number of likely N-dealkylation sites (tertiary alicyclic amines) is 1. The van der Waals surface area contributed by atoms with Gasteiger partial charge in [-0.25, -0.2) is 0 Å². The van der Waals surface area contributed by atoms with Crippen molar-refractivity contribution in [2.75, 3.05) is 19.6 Å². The molecule has 4 nitrogen and oxygen atoms in total. The molecule has 2 aliphatic rings. The second-order valence-electron chi connectivity index (χ2n) is 6.21. The summed E-state index contributed by atoms with van der Waals surface area (Å²) >= 11 is 0. The van der Waals surface area contributed by atoms with Crippen LogP contribution >= 0.6 is 0 Å². The topological polar surface area (TPSA) is 52.6 Å². The minimum absolute atomic E-state index is 0.290. The minimum atomic E-state index is -0.655. The summed E-state index contributed by atoms with van der Waals surface area (Å²) in [5.41, 5.74) is -0.655. The Kier molecular flexibility index (Phi) is 4.85. The van der Waals surface area contributed by atoms with E-state index in [1.165, 1.54) is 19.4 Å². The highest BCUT2D eigenvalue weighted by Gasteiger charge is 2.48. The largest absolute Gasteiger partial charge is 0.480 e. The van der Waals surface area contributed by atoms with Crippen LogP contribution in [0.4, 0.5) is 0 Å². The molecule has 1 aliphatic heterocycles. The van der Waals surface area contributed by atoms with Crippen LogP contribution in [0.1, 0.15) is 52.4 Å². The van der Waals surface area contributed by atoms with Gasteiger partial charge in [0.25, 0.3) is 0 Å². The zero-order valence-electron chi connectivity index (χ0n) is 12.3. The standard InChI is InChI=1S/C15H28N2O2/c1-3-16-15(14(18)19)9-4-7-13(15)8-11-17-10-5-6-12(17)2/h12-13,16H,3-11H2,1-2H3,(H,18,19). The number of carboxylic acid groups (broad SMARTS) is 1. The molecule has 0 amide bonds. The number of nitrogens with one attached hydrogen (secondary N) is 1. The summed E-state index contributed by atoms with van der Waals surface area (Å²) in [5.74, 6) is -0.357. The fourth-order valence-corrected chi connectivity index (χ4v) is 4.02. The molecular weight excluding hydrogens is 240 g/mol. The van der Waals surface area contributed by atoms with E-state index in [4.69, 9.17) is 0 Å². The van der Waals surface area contributed by atoms with Crippen molar-refractivity contribution in [3.63, 3.8) is 0 Å². The highest BCUT2D eigenvalue weighted by molar-refractivity contribution is 5.79. The molecule has 1 saturated heterocycles. The molecule has 2 N–H and O–H groups in total. The van der Waals surface area contributed by atoms with Gasteiger partial charge in [-0.3, -0.25) is 4.79 Å². The Hall–Kier alpha value is -0.610. The number of likely N-dealkylation sites (N-methyl/N-ethyl adjacent to an activating group) is 1. The molecule has 2 fully saturated rings. The van der Waals surface area contributed by atoms with Crippen LogP contribution in [0.5, 0.6) is 0 Å². The molecule has 1 saturated carbocycles. The summed E-state index contributed by atoms with van der Waals surface area (Å²) in [7, 11) is 0. The molecule has 0 aromatic carbocycles. The van der Waals surface area contributed by atoms with Crippen LogP contribution in [-0.4, -0.2) is 47.2 Å². The molecule has 0 aromatic rings. The molecule has 110 valence electrons. The summed E-state index contributed by atoms with van der Waals surface area (Å²) in [4.78, 5) is 14.2. The van der Waals surface area contributed by atoms with E-state index in [-0.39, 0.29) is 5.92 Å². The fraction of sp³-hybridized carbons (Fsp3) is 0.933. The Morgan fingerprint density at radius 2 is 2.21 bits per heavy atom. The molecule has 1 heterocycles. The predicted molar refractivity (Wildman–Crippen MR) is 76.3 cm³/mol. The maximum Gasteiger partial charge on any atom is 0.324 e. The lowest BCUT2D eigenvalue weighted by molar-refractivity contribution is -0.146. The van der Waals surface area contributed by atoms with Crippen molar-refractivity contribution in [3.8, 4) is 0 Å². The molecule has 1 aliphatic carbocycles. The van der Waals surface area contributed by atoms with Gasteiger partial charge in [-0.2, -0.15) is 0 Å². The molecule has 19 heavy (non-hydrogen) atoms. The highest BCUT2D eigenvalue weighted by Crippen LogP contribution is 2.38. The molecule has 3 atom stereocenters. The molecule has 0 aromatic heterocycles. The summed E-state index contributed by atoms with van der Waals surface area (Å²) in [5, 5.41) is 12.9. The van der Waals surface area contributed by atoms with E-state index < -0.39 is 11.5 Å². The first-order chi connectivity index (χ1) is 9.10. The smallest absolute Gasteiger partial charge is 0.324 e. The summed E-state index contributed by atoms with van der Waals surface area (Å²) < 4.78 is 0. The Labute approximate surface area is 116 Å². The third-order valence-electron chi connectivity index (χ3n) is 5.15. The van der Waals surface area contributed by atoms with Gasteiger partial charge in [-0.15, -0.1) is 0 Å². The number of nitrogens with zero attached hydrogens (tertiary/aromatic N) is 1. The van der Waals surface area contributed by atoms with Crippen molar-refractivity contribution < 1.29 is 9.90 Å². The van der Waals surface area contributed by atoms with Crippen LogP contribution in [0.2, 0.25) is 0 Å². The second-order valence-corrected chi connectivity index (χ2v) is 6.21. The molecule has 0 bridgehead atoms.